The van der Waals surface area contributed by atoms with Crippen molar-refractivity contribution in [2.75, 3.05) is 18.6 Å². The highest BCUT2D eigenvalue weighted by Crippen LogP contribution is 2.32. The van der Waals surface area contributed by atoms with E-state index in [1.807, 2.05) is 38.1 Å². The average molecular weight is 323 g/mol. The molecule has 2 aromatic rings. The van der Waals surface area contributed by atoms with Gasteiger partial charge in [0.15, 0.2) is 0 Å². The molecule has 1 heterocycles. The van der Waals surface area contributed by atoms with Crippen LogP contribution in [0.5, 0.6) is 0 Å². The zero-order valence-electron chi connectivity index (χ0n) is 14.3. The minimum absolute atomic E-state index is 0.0181. The van der Waals surface area contributed by atoms with Crippen molar-refractivity contribution in [3.63, 3.8) is 0 Å². The molecule has 0 fully saturated rings. The molecule has 0 N–H and O–H groups in total. The first-order chi connectivity index (χ1) is 11.5. The smallest absolute Gasteiger partial charge is 0.338 e. The van der Waals surface area contributed by atoms with Crippen molar-refractivity contribution in [3.05, 3.63) is 64.2 Å². The van der Waals surface area contributed by atoms with Crippen molar-refractivity contribution in [1.29, 1.82) is 0 Å². The minimum atomic E-state index is -0.354. The predicted molar refractivity (Wildman–Crippen MR) is 93.7 cm³/mol. The van der Waals surface area contributed by atoms with E-state index in [1.54, 1.807) is 17.0 Å². The fourth-order valence-corrected chi connectivity index (χ4v) is 3.34. The van der Waals surface area contributed by atoms with Gasteiger partial charge in [-0.3, -0.25) is 4.79 Å². The summed E-state index contributed by atoms with van der Waals surface area (Å²) in [4.78, 5) is 26.8. The zero-order valence-corrected chi connectivity index (χ0v) is 14.3. The van der Waals surface area contributed by atoms with E-state index in [2.05, 4.69) is 0 Å². The summed E-state index contributed by atoms with van der Waals surface area (Å²) < 4.78 is 4.87. The number of carbonyl (C=O) groups excluding carboxylic acids is 2. The number of benzene rings is 2. The van der Waals surface area contributed by atoms with E-state index in [0.29, 0.717) is 17.7 Å². The Bertz CT molecular complexity index is 811. The number of rotatable bonds is 2. The third-order valence-corrected chi connectivity index (χ3v) is 4.51. The van der Waals surface area contributed by atoms with Crippen LogP contribution in [0.2, 0.25) is 0 Å². The Morgan fingerprint density at radius 1 is 1.08 bits per heavy atom. The normalized spacial score (nSPS) is 13.4. The lowest BCUT2D eigenvalue weighted by Crippen LogP contribution is -2.36. The first-order valence-corrected chi connectivity index (χ1v) is 8.12. The van der Waals surface area contributed by atoms with E-state index in [0.717, 1.165) is 35.2 Å². The number of anilines is 1. The zero-order chi connectivity index (χ0) is 17.3. The number of hydrogen-bond donors (Lipinski definition) is 0. The van der Waals surface area contributed by atoms with E-state index in [9.17, 15) is 9.59 Å². The number of aryl methyl sites for hydroxylation is 2. The van der Waals surface area contributed by atoms with E-state index in [4.69, 9.17) is 4.74 Å². The Kier molecular flexibility index (Phi) is 4.38. The second-order valence-corrected chi connectivity index (χ2v) is 6.17. The molecule has 1 aliphatic heterocycles. The van der Waals surface area contributed by atoms with Gasteiger partial charge in [-0.1, -0.05) is 23.8 Å². The summed E-state index contributed by atoms with van der Waals surface area (Å²) in [6.45, 7) is 4.62. The molecule has 1 aliphatic rings. The van der Waals surface area contributed by atoms with Crippen molar-refractivity contribution in [2.24, 2.45) is 0 Å². The molecule has 2 aromatic carbocycles. The van der Waals surface area contributed by atoms with Crippen molar-refractivity contribution >= 4 is 17.6 Å². The van der Waals surface area contributed by atoms with E-state index in [1.165, 1.54) is 7.11 Å². The van der Waals surface area contributed by atoms with Crippen LogP contribution in [0.1, 0.15) is 43.8 Å². The lowest BCUT2D eigenvalue weighted by atomic mass is 9.95. The first-order valence-electron chi connectivity index (χ1n) is 8.12. The largest absolute Gasteiger partial charge is 0.465 e. The summed E-state index contributed by atoms with van der Waals surface area (Å²) >= 11 is 0. The maximum absolute atomic E-state index is 13.1. The Balaban J connectivity index is 2.03. The van der Waals surface area contributed by atoms with E-state index < -0.39 is 0 Å². The Morgan fingerprint density at radius 2 is 1.88 bits per heavy atom. The summed E-state index contributed by atoms with van der Waals surface area (Å²) in [5.74, 6) is -0.372. The second kappa shape index (κ2) is 6.48. The van der Waals surface area contributed by atoms with Crippen molar-refractivity contribution < 1.29 is 14.3 Å². The topological polar surface area (TPSA) is 46.6 Å². The van der Waals surface area contributed by atoms with Gasteiger partial charge in [-0.2, -0.15) is 0 Å². The standard InChI is InChI=1S/C20H21NO3/c1-13-9-10-15(14(2)12-13)19(22)21-11-5-7-16-17(20(23)24-3)6-4-8-18(16)21/h4,6,8-10,12H,5,7,11H2,1-3H3. The molecule has 0 atom stereocenters. The number of hydrogen-bond acceptors (Lipinski definition) is 3. The predicted octanol–water partition coefficient (Wildman–Crippen LogP) is 3.68. The van der Waals surface area contributed by atoms with Gasteiger partial charge < -0.3 is 9.64 Å². The highest BCUT2D eigenvalue weighted by atomic mass is 16.5. The minimum Gasteiger partial charge on any atom is -0.465 e. The van der Waals surface area contributed by atoms with Crippen LogP contribution in [0.25, 0.3) is 0 Å². The van der Waals surface area contributed by atoms with Gasteiger partial charge >= 0.3 is 5.97 Å². The van der Waals surface area contributed by atoms with Crippen LogP contribution in [0.4, 0.5) is 5.69 Å². The van der Waals surface area contributed by atoms with Crippen LogP contribution >= 0.6 is 0 Å². The quantitative estimate of drug-likeness (QED) is 0.792. The van der Waals surface area contributed by atoms with Gasteiger partial charge in [0.25, 0.3) is 5.91 Å². The fraction of sp³-hybridized carbons (Fsp3) is 0.300. The highest BCUT2D eigenvalue weighted by molar-refractivity contribution is 6.08. The molecule has 4 nitrogen and oxygen atoms in total. The van der Waals surface area contributed by atoms with Crippen molar-refractivity contribution in [2.45, 2.75) is 26.7 Å². The van der Waals surface area contributed by atoms with Gasteiger partial charge in [0.2, 0.25) is 0 Å². The molecule has 0 aromatic heterocycles. The Morgan fingerprint density at radius 3 is 2.58 bits per heavy atom. The summed E-state index contributed by atoms with van der Waals surface area (Å²) in [6.07, 6.45) is 1.61. The van der Waals surface area contributed by atoms with Gasteiger partial charge in [0.1, 0.15) is 0 Å². The van der Waals surface area contributed by atoms with Crippen LogP contribution < -0.4 is 4.90 Å². The number of esters is 1. The molecule has 0 saturated heterocycles. The summed E-state index contributed by atoms with van der Waals surface area (Å²) in [7, 11) is 1.38. The molecule has 0 saturated carbocycles. The lowest BCUT2D eigenvalue weighted by Gasteiger charge is -2.31. The Hall–Kier alpha value is -2.62. The second-order valence-electron chi connectivity index (χ2n) is 6.17. The molecule has 0 unspecified atom stereocenters. The Labute approximate surface area is 142 Å². The van der Waals surface area contributed by atoms with Crippen LogP contribution in [0, 0.1) is 13.8 Å². The van der Waals surface area contributed by atoms with Crippen LogP contribution in [-0.2, 0) is 11.2 Å². The molecule has 0 radical (unpaired) electrons. The number of nitrogens with zero attached hydrogens (tertiary/aromatic N) is 1. The van der Waals surface area contributed by atoms with Gasteiger partial charge in [0.05, 0.1) is 12.7 Å². The average Bonchev–Trinajstić information content (AvgIpc) is 2.59. The maximum Gasteiger partial charge on any atom is 0.338 e. The molecule has 24 heavy (non-hydrogen) atoms. The fourth-order valence-electron chi connectivity index (χ4n) is 3.34. The molecule has 4 heteroatoms. The summed E-state index contributed by atoms with van der Waals surface area (Å²) in [5.41, 5.74) is 5.07. The highest BCUT2D eigenvalue weighted by Gasteiger charge is 2.27. The SMILES string of the molecule is COC(=O)c1cccc2c1CCCN2C(=O)c1ccc(C)cc1C. The van der Waals surface area contributed by atoms with Crippen LogP contribution in [0.15, 0.2) is 36.4 Å². The van der Waals surface area contributed by atoms with Crippen LogP contribution in [0.3, 0.4) is 0 Å². The number of carbonyl (C=O) groups is 2. The van der Waals surface area contributed by atoms with Crippen molar-refractivity contribution in [1.82, 2.24) is 0 Å². The molecule has 3 rings (SSSR count). The number of methoxy groups -OCH3 is 1. The molecule has 0 aliphatic carbocycles. The van der Waals surface area contributed by atoms with E-state index >= 15 is 0 Å². The lowest BCUT2D eigenvalue weighted by molar-refractivity contribution is 0.0599. The number of ether oxygens (including phenoxy) is 1. The number of fused-ring (bicyclic) bond motifs is 1. The van der Waals surface area contributed by atoms with Crippen molar-refractivity contribution in [3.8, 4) is 0 Å². The van der Waals surface area contributed by atoms with E-state index in [-0.39, 0.29) is 11.9 Å². The summed E-state index contributed by atoms with van der Waals surface area (Å²) in [6, 6.07) is 11.3. The van der Waals surface area contributed by atoms with Gasteiger partial charge in [-0.25, -0.2) is 4.79 Å². The molecule has 1 amide bonds. The van der Waals surface area contributed by atoms with Crippen LogP contribution in [-0.4, -0.2) is 25.5 Å². The maximum atomic E-state index is 13.1. The van der Waals surface area contributed by atoms with Gasteiger partial charge in [-0.05, 0) is 56.0 Å². The molecular weight excluding hydrogens is 302 g/mol. The first kappa shape index (κ1) is 16.2. The monoisotopic (exact) mass is 323 g/mol. The van der Waals surface area contributed by atoms with Gasteiger partial charge in [-0.15, -0.1) is 0 Å². The summed E-state index contributed by atoms with van der Waals surface area (Å²) in [5, 5.41) is 0. The molecule has 0 spiro atoms. The molecule has 0 bridgehead atoms. The number of amides is 1. The third-order valence-electron chi connectivity index (χ3n) is 4.51. The molecule has 124 valence electrons. The van der Waals surface area contributed by atoms with Gasteiger partial charge in [0, 0.05) is 17.8 Å². The third kappa shape index (κ3) is 2.80. The molecular formula is C20H21NO3.